The first-order valence-electron chi connectivity index (χ1n) is 13.7. The maximum Gasteiger partial charge on any atom is 0.196 e. The van der Waals surface area contributed by atoms with Crippen LogP contribution in [0.4, 0.5) is 0 Å². The van der Waals surface area contributed by atoms with E-state index in [2.05, 4.69) is 84.9 Å². The first kappa shape index (κ1) is 21.9. The van der Waals surface area contributed by atoms with Gasteiger partial charge in [-0.15, -0.1) is 0 Å². The van der Waals surface area contributed by atoms with Gasteiger partial charge in [-0.25, -0.2) is 0 Å². The fraction of sp³-hybridized carbons (Fsp3) is 0. The van der Waals surface area contributed by atoms with Crippen LogP contribution in [0.3, 0.4) is 0 Å². The third kappa shape index (κ3) is 2.60. The molecule has 0 saturated heterocycles. The van der Waals surface area contributed by atoms with Gasteiger partial charge in [0.25, 0.3) is 0 Å². The summed E-state index contributed by atoms with van der Waals surface area (Å²) >= 11 is 0. The van der Waals surface area contributed by atoms with Gasteiger partial charge in [-0.1, -0.05) is 121 Å². The minimum atomic E-state index is -2.59. The average Bonchev–Trinajstić information content (AvgIpc) is 3.64. The summed E-state index contributed by atoms with van der Waals surface area (Å²) in [6.45, 7) is 0. The van der Waals surface area contributed by atoms with E-state index in [0.717, 1.165) is 16.4 Å². The summed E-state index contributed by atoms with van der Waals surface area (Å²) in [6.07, 6.45) is 0. The van der Waals surface area contributed by atoms with Gasteiger partial charge < -0.3 is 4.42 Å². The van der Waals surface area contributed by atoms with E-state index >= 15 is 0 Å². The van der Waals surface area contributed by atoms with Gasteiger partial charge in [-0.2, -0.15) is 0 Å². The molecule has 2 nitrogen and oxygen atoms in total. The van der Waals surface area contributed by atoms with Crippen LogP contribution in [0.5, 0.6) is 0 Å². The van der Waals surface area contributed by atoms with Crippen molar-refractivity contribution in [1.82, 2.24) is 0 Å². The zero-order valence-electron chi connectivity index (χ0n) is 21.5. The van der Waals surface area contributed by atoms with Crippen LogP contribution in [0, 0.1) is 0 Å². The molecule has 0 amide bonds. The second-order valence-electron chi connectivity index (χ2n) is 10.8. The number of para-hydroxylation sites is 2. The largest absolute Gasteiger partial charge is 0.455 e. The third-order valence-electron chi connectivity index (χ3n) is 8.91. The number of carbonyl (C=O) groups excluding carboxylic acids is 1. The summed E-state index contributed by atoms with van der Waals surface area (Å²) in [6, 6.07) is 46.8. The SMILES string of the molecule is O=C(c1ccc2c(c1)[Si]1(c3ccccc3-c3ccccc31)c1ccccc1-2)c1cccc2c1oc1ccccc12. The van der Waals surface area contributed by atoms with Crippen molar-refractivity contribution in [3.8, 4) is 22.3 Å². The highest BCUT2D eigenvalue weighted by molar-refractivity contribution is 7.24. The first-order valence-corrected chi connectivity index (χ1v) is 15.7. The zero-order chi connectivity index (χ0) is 26.4. The number of ketones is 1. The summed E-state index contributed by atoms with van der Waals surface area (Å²) in [4.78, 5) is 14.3. The Kier molecular flexibility index (Phi) is 4.26. The predicted molar refractivity (Wildman–Crippen MR) is 165 cm³/mol. The van der Waals surface area contributed by atoms with Gasteiger partial charge in [-0.05, 0) is 55.1 Å². The monoisotopic (exact) mass is 526 g/mol. The third-order valence-corrected chi connectivity index (χ3v) is 13.9. The van der Waals surface area contributed by atoms with E-state index in [-0.39, 0.29) is 5.78 Å². The number of hydrogen-bond donors (Lipinski definition) is 0. The Morgan fingerprint density at radius 2 is 1.05 bits per heavy atom. The first-order chi connectivity index (χ1) is 19.8. The molecule has 9 rings (SSSR count). The molecule has 0 N–H and O–H groups in total. The molecule has 0 fully saturated rings. The minimum Gasteiger partial charge on any atom is -0.455 e. The molecular weight excluding hydrogens is 504 g/mol. The lowest BCUT2D eigenvalue weighted by Crippen LogP contribution is -2.70. The van der Waals surface area contributed by atoms with Crippen LogP contribution >= 0.6 is 0 Å². The standard InChI is InChI=1S/C37H22O2Si/c38-36(30-15-9-14-29-24-10-1-5-16-31(24)39-37(29)30)23-20-21-28-27-13-4-8-19-34(27)40(35(28)22-23)32-17-6-2-11-25(32)26-12-3-7-18-33(26)40/h1-22H. The Labute approximate surface area is 232 Å². The maximum atomic E-state index is 14.3. The van der Waals surface area contributed by atoms with Crippen molar-refractivity contribution >= 4 is 56.5 Å². The molecule has 0 atom stereocenters. The van der Waals surface area contributed by atoms with E-state index < -0.39 is 8.07 Å². The summed E-state index contributed by atoms with van der Waals surface area (Å²) in [5, 5.41) is 7.53. The second kappa shape index (κ2) is 7.78. The second-order valence-corrected chi connectivity index (χ2v) is 14.4. The molecule has 40 heavy (non-hydrogen) atoms. The molecule has 7 aromatic rings. The van der Waals surface area contributed by atoms with Gasteiger partial charge in [0.2, 0.25) is 0 Å². The number of rotatable bonds is 2. The minimum absolute atomic E-state index is 0.00729. The molecule has 0 bridgehead atoms. The number of furan rings is 1. The van der Waals surface area contributed by atoms with Crippen LogP contribution in [0.2, 0.25) is 0 Å². The normalized spacial score (nSPS) is 13.8. The molecule has 0 unspecified atom stereocenters. The van der Waals surface area contributed by atoms with Crippen molar-refractivity contribution < 1.29 is 9.21 Å². The van der Waals surface area contributed by atoms with E-state index in [9.17, 15) is 4.79 Å². The van der Waals surface area contributed by atoms with Gasteiger partial charge in [0.15, 0.2) is 13.9 Å². The Bertz CT molecular complexity index is 2140. The Balaban J connectivity index is 1.32. The van der Waals surface area contributed by atoms with Crippen molar-refractivity contribution in [2.24, 2.45) is 0 Å². The van der Waals surface area contributed by atoms with E-state index in [1.807, 2.05) is 48.5 Å². The molecule has 3 heteroatoms. The molecular formula is C37H22O2Si. The number of fused-ring (bicyclic) bond motifs is 13. The van der Waals surface area contributed by atoms with Crippen LogP contribution in [-0.4, -0.2) is 13.9 Å². The predicted octanol–water partition coefficient (Wildman–Crippen LogP) is 6.16. The maximum absolute atomic E-state index is 14.3. The van der Waals surface area contributed by atoms with Crippen LogP contribution in [-0.2, 0) is 0 Å². The highest BCUT2D eigenvalue weighted by Gasteiger charge is 2.53. The lowest BCUT2D eigenvalue weighted by molar-refractivity contribution is 0.103. The molecule has 0 aliphatic carbocycles. The molecule has 1 aromatic heterocycles. The molecule has 2 aliphatic heterocycles. The molecule has 186 valence electrons. The summed E-state index contributed by atoms with van der Waals surface area (Å²) in [5.41, 5.74) is 7.92. The van der Waals surface area contributed by atoms with E-state index in [1.54, 1.807) is 0 Å². The quantitative estimate of drug-likeness (QED) is 0.200. The van der Waals surface area contributed by atoms with E-state index in [1.165, 1.54) is 43.0 Å². The fourth-order valence-corrected chi connectivity index (χ4v) is 13.0. The number of hydrogen-bond acceptors (Lipinski definition) is 2. The van der Waals surface area contributed by atoms with Crippen molar-refractivity contribution in [2.75, 3.05) is 0 Å². The van der Waals surface area contributed by atoms with Crippen molar-refractivity contribution in [3.63, 3.8) is 0 Å². The van der Waals surface area contributed by atoms with E-state index in [4.69, 9.17) is 4.42 Å². The molecule has 6 aromatic carbocycles. The number of benzene rings is 6. The molecule has 3 heterocycles. The summed E-state index contributed by atoms with van der Waals surface area (Å²) in [5.74, 6) is -0.00729. The lowest BCUT2D eigenvalue weighted by atomic mass is 9.98. The van der Waals surface area contributed by atoms with Gasteiger partial charge in [0, 0.05) is 16.3 Å². The summed E-state index contributed by atoms with van der Waals surface area (Å²) in [7, 11) is -2.59. The Morgan fingerprint density at radius 3 is 1.73 bits per heavy atom. The van der Waals surface area contributed by atoms with Gasteiger partial charge in [0.05, 0.1) is 5.56 Å². The highest BCUT2D eigenvalue weighted by Crippen LogP contribution is 2.37. The average molecular weight is 527 g/mol. The molecule has 0 saturated carbocycles. The van der Waals surface area contributed by atoms with E-state index in [0.29, 0.717) is 16.7 Å². The highest BCUT2D eigenvalue weighted by atomic mass is 28.3. The van der Waals surface area contributed by atoms with Crippen LogP contribution < -0.4 is 20.7 Å². The fourth-order valence-electron chi connectivity index (χ4n) is 7.32. The lowest BCUT2D eigenvalue weighted by Gasteiger charge is -2.27. The van der Waals surface area contributed by atoms with Gasteiger partial charge >= 0.3 is 0 Å². The zero-order valence-corrected chi connectivity index (χ0v) is 22.5. The van der Waals surface area contributed by atoms with Crippen molar-refractivity contribution in [3.05, 3.63) is 145 Å². The Morgan fingerprint density at radius 1 is 0.500 bits per heavy atom. The van der Waals surface area contributed by atoms with Gasteiger partial charge in [-0.3, -0.25) is 4.79 Å². The van der Waals surface area contributed by atoms with Gasteiger partial charge in [0.1, 0.15) is 11.2 Å². The molecule has 0 radical (unpaired) electrons. The summed E-state index contributed by atoms with van der Waals surface area (Å²) < 4.78 is 6.24. The van der Waals surface area contributed by atoms with Crippen molar-refractivity contribution in [2.45, 2.75) is 0 Å². The topological polar surface area (TPSA) is 30.2 Å². The van der Waals surface area contributed by atoms with Crippen LogP contribution in [0.1, 0.15) is 15.9 Å². The smallest absolute Gasteiger partial charge is 0.196 e. The van der Waals surface area contributed by atoms with Crippen LogP contribution in [0.15, 0.2) is 138 Å². The molecule has 1 spiro atoms. The number of carbonyl (C=O) groups is 1. The molecule has 2 aliphatic rings. The van der Waals surface area contributed by atoms with Crippen LogP contribution in [0.25, 0.3) is 44.2 Å². The van der Waals surface area contributed by atoms with Crippen molar-refractivity contribution in [1.29, 1.82) is 0 Å². The Hall–Kier alpha value is -4.99.